The smallest absolute Gasteiger partial charge is 0.0731 e. The van der Waals surface area contributed by atoms with Gasteiger partial charge < -0.3 is 10.1 Å². The fraction of sp³-hybridized carbons (Fsp3) is 0.571. The second kappa shape index (κ2) is 7.00. The standard InChI is InChI=1S/C14H22ClNO/c1-14(2,3)16-9-6-10-17-11-12-7-4-5-8-13(12)15/h4-5,7-8,16H,6,9-11H2,1-3H3. The van der Waals surface area contributed by atoms with Crippen LogP contribution in [0.1, 0.15) is 32.8 Å². The lowest BCUT2D eigenvalue weighted by Crippen LogP contribution is -2.36. The first-order valence-corrected chi connectivity index (χ1v) is 6.43. The van der Waals surface area contributed by atoms with Gasteiger partial charge in [-0.1, -0.05) is 29.8 Å². The Morgan fingerprint density at radius 1 is 1.24 bits per heavy atom. The monoisotopic (exact) mass is 255 g/mol. The molecule has 0 heterocycles. The first-order valence-electron chi connectivity index (χ1n) is 6.05. The molecule has 1 aromatic carbocycles. The summed E-state index contributed by atoms with van der Waals surface area (Å²) in [6.07, 6.45) is 1.02. The Labute approximate surface area is 109 Å². The molecule has 1 rings (SSSR count). The zero-order chi connectivity index (χ0) is 12.7. The Morgan fingerprint density at radius 3 is 2.59 bits per heavy atom. The number of nitrogens with one attached hydrogen (secondary N) is 1. The van der Waals surface area contributed by atoms with Crippen molar-refractivity contribution >= 4 is 11.6 Å². The minimum absolute atomic E-state index is 0.183. The number of hydrogen-bond acceptors (Lipinski definition) is 2. The van der Waals surface area contributed by atoms with Crippen molar-refractivity contribution in [1.82, 2.24) is 5.32 Å². The van der Waals surface area contributed by atoms with Gasteiger partial charge in [0.2, 0.25) is 0 Å². The van der Waals surface area contributed by atoms with Gasteiger partial charge in [-0.2, -0.15) is 0 Å². The van der Waals surface area contributed by atoms with Crippen molar-refractivity contribution in [3.8, 4) is 0 Å². The summed E-state index contributed by atoms with van der Waals surface area (Å²) in [4.78, 5) is 0. The Hall–Kier alpha value is -0.570. The van der Waals surface area contributed by atoms with Crippen molar-refractivity contribution in [3.63, 3.8) is 0 Å². The van der Waals surface area contributed by atoms with E-state index < -0.39 is 0 Å². The fourth-order valence-corrected chi connectivity index (χ4v) is 1.63. The number of hydrogen-bond donors (Lipinski definition) is 1. The Morgan fingerprint density at radius 2 is 1.94 bits per heavy atom. The minimum Gasteiger partial charge on any atom is -0.377 e. The quantitative estimate of drug-likeness (QED) is 0.784. The lowest BCUT2D eigenvalue weighted by atomic mass is 10.1. The van der Waals surface area contributed by atoms with E-state index in [-0.39, 0.29) is 5.54 Å². The highest BCUT2D eigenvalue weighted by molar-refractivity contribution is 6.31. The summed E-state index contributed by atoms with van der Waals surface area (Å²) in [5.41, 5.74) is 1.24. The van der Waals surface area contributed by atoms with E-state index in [1.165, 1.54) is 0 Å². The van der Waals surface area contributed by atoms with E-state index in [9.17, 15) is 0 Å². The van der Waals surface area contributed by atoms with Gasteiger partial charge in [0.25, 0.3) is 0 Å². The summed E-state index contributed by atoms with van der Waals surface area (Å²) in [6.45, 7) is 8.82. The summed E-state index contributed by atoms with van der Waals surface area (Å²) in [5, 5.41) is 4.20. The Kier molecular flexibility index (Phi) is 5.96. The van der Waals surface area contributed by atoms with Gasteiger partial charge in [-0.3, -0.25) is 0 Å². The molecule has 0 aromatic heterocycles. The molecule has 1 aromatic rings. The number of benzene rings is 1. The maximum absolute atomic E-state index is 6.03. The van der Waals surface area contributed by atoms with Crippen LogP contribution in [0, 0.1) is 0 Å². The van der Waals surface area contributed by atoms with Gasteiger partial charge in [0.1, 0.15) is 0 Å². The topological polar surface area (TPSA) is 21.3 Å². The van der Waals surface area contributed by atoms with Gasteiger partial charge >= 0.3 is 0 Å². The van der Waals surface area contributed by atoms with E-state index in [0.717, 1.165) is 30.2 Å². The maximum Gasteiger partial charge on any atom is 0.0731 e. The predicted octanol–water partition coefficient (Wildman–Crippen LogP) is 3.63. The fourth-order valence-electron chi connectivity index (χ4n) is 1.44. The molecule has 0 radical (unpaired) electrons. The Balaban J connectivity index is 2.11. The van der Waals surface area contributed by atoms with Crippen LogP contribution in [0.3, 0.4) is 0 Å². The molecular formula is C14H22ClNO. The molecule has 2 nitrogen and oxygen atoms in total. The molecule has 0 aliphatic heterocycles. The second-order valence-corrected chi connectivity index (χ2v) is 5.58. The molecule has 0 spiro atoms. The Bertz CT molecular complexity index is 333. The van der Waals surface area contributed by atoms with Crippen LogP contribution in [0.2, 0.25) is 5.02 Å². The summed E-state index contributed by atoms with van der Waals surface area (Å²) in [7, 11) is 0. The lowest BCUT2D eigenvalue weighted by Gasteiger charge is -2.20. The molecule has 0 atom stereocenters. The number of ether oxygens (including phenoxy) is 1. The van der Waals surface area contributed by atoms with Gasteiger partial charge in [0.05, 0.1) is 6.61 Å². The van der Waals surface area contributed by atoms with Crippen molar-refractivity contribution in [1.29, 1.82) is 0 Å². The maximum atomic E-state index is 6.03. The molecule has 0 aliphatic rings. The van der Waals surface area contributed by atoms with Gasteiger partial charge in [-0.15, -0.1) is 0 Å². The molecule has 96 valence electrons. The van der Waals surface area contributed by atoms with Gasteiger partial charge in [0.15, 0.2) is 0 Å². The van der Waals surface area contributed by atoms with Crippen LogP contribution in [0.25, 0.3) is 0 Å². The van der Waals surface area contributed by atoms with Crippen molar-refractivity contribution in [3.05, 3.63) is 34.9 Å². The molecule has 1 N–H and O–H groups in total. The highest BCUT2D eigenvalue weighted by Gasteiger charge is 2.07. The summed E-state index contributed by atoms with van der Waals surface area (Å²) >= 11 is 6.03. The summed E-state index contributed by atoms with van der Waals surface area (Å²) in [6, 6.07) is 7.79. The SMILES string of the molecule is CC(C)(C)NCCCOCc1ccccc1Cl. The van der Waals surface area contributed by atoms with Crippen LogP contribution in [0.5, 0.6) is 0 Å². The molecule has 0 saturated heterocycles. The molecule has 0 saturated carbocycles. The van der Waals surface area contributed by atoms with E-state index in [2.05, 4.69) is 26.1 Å². The first kappa shape index (κ1) is 14.5. The van der Waals surface area contributed by atoms with Crippen LogP contribution < -0.4 is 5.32 Å². The van der Waals surface area contributed by atoms with Crippen LogP contribution in [0.4, 0.5) is 0 Å². The lowest BCUT2D eigenvalue weighted by molar-refractivity contribution is 0.117. The van der Waals surface area contributed by atoms with Gasteiger partial charge in [-0.05, 0) is 45.4 Å². The van der Waals surface area contributed by atoms with Crippen molar-refractivity contribution in [2.75, 3.05) is 13.2 Å². The van der Waals surface area contributed by atoms with E-state index >= 15 is 0 Å². The van der Waals surface area contributed by atoms with Crippen molar-refractivity contribution < 1.29 is 4.74 Å². The zero-order valence-corrected chi connectivity index (χ0v) is 11.7. The highest BCUT2D eigenvalue weighted by atomic mass is 35.5. The number of rotatable bonds is 6. The van der Waals surface area contributed by atoms with Crippen LogP contribution in [-0.2, 0) is 11.3 Å². The van der Waals surface area contributed by atoms with Crippen molar-refractivity contribution in [2.45, 2.75) is 39.3 Å². The third-order valence-corrected chi connectivity index (χ3v) is 2.70. The first-order chi connectivity index (χ1) is 7.99. The average molecular weight is 256 g/mol. The van der Waals surface area contributed by atoms with Gasteiger partial charge in [0, 0.05) is 17.2 Å². The normalized spacial score (nSPS) is 11.8. The van der Waals surface area contributed by atoms with Crippen LogP contribution >= 0.6 is 11.6 Å². The predicted molar refractivity (Wildman–Crippen MR) is 73.5 cm³/mol. The summed E-state index contributed by atoms with van der Waals surface area (Å²) < 4.78 is 5.59. The van der Waals surface area contributed by atoms with Gasteiger partial charge in [-0.25, -0.2) is 0 Å². The minimum atomic E-state index is 0.183. The second-order valence-electron chi connectivity index (χ2n) is 5.17. The van der Waals surface area contributed by atoms with E-state index in [1.54, 1.807) is 0 Å². The molecular weight excluding hydrogens is 234 g/mol. The summed E-state index contributed by atoms with van der Waals surface area (Å²) in [5.74, 6) is 0. The van der Waals surface area contributed by atoms with Crippen LogP contribution in [0.15, 0.2) is 24.3 Å². The van der Waals surface area contributed by atoms with Crippen LogP contribution in [-0.4, -0.2) is 18.7 Å². The largest absolute Gasteiger partial charge is 0.377 e. The van der Waals surface area contributed by atoms with E-state index in [4.69, 9.17) is 16.3 Å². The van der Waals surface area contributed by atoms with Crippen molar-refractivity contribution in [2.24, 2.45) is 0 Å². The van der Waals surface area contributed by atoms with E-state index in [0.29, 0.717) is 6.61 Å². The molecule has 0 amide bonds. The molecule has 0 fully saturated rings. The third-order valence-electron chi connectivity index (χ3n) is 2.34. The average Bonchev–Trinajstić information content (AvgIpc) is 2.24. The molecule has 0 unspecified atom stereocenters. The molecule has 0 bridgehead atoms. The molecule has 3 heteroatoms. The third kappa shape index (κ3) is 6.67. The highest BCUT2D eigenvalue weighted by Crippen LogP contribution is 2.15. The molecule has 0 aliphatic carbocycles. The van der Waals surface area contributed by atoms with E-state index in [1.807, 2.05) is 24.3 Å². The molecule has 17 heavy (non-hydrogen) atoms. The zero-order valence-electron chi connectivity index (χ0n) is 10.9. The number of halogens is 1.